The van der Waals surface area contributed by atoms with Crippen LogP contribution in [0.1, 0.15) is 31.1 Å². The summed E-state index contributed by atoms with van der Waals surface area (Å²) in [6.45, 7) is 6.13. The van der Waals surface area contributed by atoms with Crippen molar-refractivity contribution in [2.24, 2.45) is 5.92 Å². The second-order valence-electron chi connectivity index (χ2n) is 4.82. The van der Waals surface area contributed by atoms with Gasteiger partial charge in [0.15, 0.2) is 0 Å². The van der Waals surface area contributed by atoms with E-state index in [2.05, 4.69) is 15.6 Å². The zero-order valence-electron chi connectivity index (χ0n) is 11.5. The molecule has 2 N–H and O–H groups in total. The number of hydrogen-bond donors (Lipinski definition) is 2. The molecule has 1 rings (SSSR count). The maximum Gasteiger partial charge on any atom is 0.253 e. The molecule has 0 spiro atoms. The summed E-state index contributed by atoms with van der Waals surface area (Å²) in [5.74, 6) is -0.370. The average molecular weight is 318 g/mol. The van der Waals surface area contributed by atoms with Gasteiger partial charge in [-0.1, -0.05) is 37.0 Å². The van der Waals surface area contributed by atoms with Crippen molar-refractivity contribution in [1.82, 2.24) is 15.6 Å². The maximum absolute atomic E-state index is 12.0. The Morgan fingerprint density at radius 3 is 2.55 bits per heavy atom. The molecule has 1 unspecified atom stereocenters. The summed E-state index contributed by atoms with van der Waals surface area (Å²) in [5, 5.41) is 5.65. The molecule has 0 fully saturated rings. The third-order valence-electron chi connectivity index (χ3n) is 2.49. The van der Waals surface area contributed by atoms with Crippen LogP contribution in [0.15, 0.2) is 12.3 Å². The standard InChI is InChI=1S/C13H17Cl2N3O2/c1-7(2)5-17-12(19)8(3)18-13(20)9-4-11(15)16-6-10(9)14/h4,6-8H,5H2,1-3H3,(H,17,19)(H,18,20). The van der Waals surface area contributed by atoms with Gasteiger partial charge in [0, 0.05) is 12.7 Å². The molecule has 0 aliphatic heterocycles. The van der Waals surface area contributed by atoms with E-state index in [9.17, 15) is 9.59 Å². The summed E-state index contributed by atoms with van der Waals surface area (Å²) in [5.41, 5.74) is 0.190. The van der Waals surface area contributed by atoms with Crippen molar-refractivity contribution in [3.63, 3.8) is 0 Å². The molecule has 110 valence electrons. The van der Waals surface area contributed by atoms with Crippen molar-refractivity contribution < 1.29 is 9.59 Å². The van der Waals surface area contributed by atoms with Gasteiger partial charge in [0.05, 0.1) is 10.6 Å². The van der Waals surface area contributed by atoms with E-state index in [1.165, 1.54) is 12.3 Å². The number of pyridine rings is 1. The Morgan fingerprint density at radius 2 is 1.95 bits per heavy atom. The maximum atomic E-state index is 12.0. The van der Waals surface area contributed by atoms with Gasteiger partial charge in [0.2, 0.25) is 5.91 Å². The summed E-state index contributed by atoms with van der Waals surface area (Å²) >= 11 is 11.6. The van der Waals surface area contributed by atoms with E-state index in [4.69, 9.17) is 23.2 Å². The van der Waals surface area contributed by atoms with Crippen molar-refractivity contribution in [2.45, 2.75) is 26.8 Å². The minimum absolute atomic E-state index is 0.163. The van der Waals surface area contributed by atoms with Gasteiger partial charge in [-0.3, -0.25) is 9.59 Å². The molecule has 0 aromatic carbocycles. The van der Waals surface area contributed by atoms with Gasteiger partial charge in [-0.25, -0.2) is 4.98 Å². The Balaban J connectivity index is 2.65. The molecule has 5 nitrogen and oxygen atoms in total. The highest BCUT2D eigenvalue weighted by Crippen LogP contribution is 2.17. The van der Waals surface area contributed by atoms with Crippen LogP contribution in [0.2, 0.25) is 10.2 Å². The molecule has 1 aromatic heterocycles. The zero-order chi connectivity index (χ0) is 15.3. The van der Waals surface area contributed by atoms with E-state index < -0.39 is 11.9 Å². The summed E-state index contributed by atoms with van der Waals surface area (Å²) in [7, 11) is 0. The molecular formula is C13H17Cl2N3O2. The van der Waals surface area contributed by atoms with Gasteiger partial charge in [0.1, 0.15) is 11.2 Å². The van der Waals surface area contributed by atoms with Gasteiger partial charge in [0.25, 0.3) is 5.91 Å². The molecule has 1 atom stereocenters. The molecule has 20 heavy (non-hydrogen) atoms. The molecule has 0 saturated carbocycles. The monoisotopic (exact) mass is 317 g/mol. The van der Waals surface area contributed by atoms with E-state index in [0.29, 0.717) is 12.5 Å². The molecule has 0 aliphatic rings. The van der Waals surface area contributed by atoms with Crippen molar-refractivity contribution in [2.75, 3.05) is 6.54 Å². The summed E-state index contributed by atoms with van der Waals surface area (Å²) in [6.07, 6.45) is 1.29. The lowest BCUT2D eigenvalue weighted by Crippen LogP contribution is -2.45. The number of amides is 2. The predicted octanol–water partition coefficient (Wildman–Crippen LogP) is 2.28. The fraction of sp³-hybridized carbons (Fsp3) is 0.462. The zero-order valence-corrected chi connectivity index (χ0v) is 13.0. The van der Waals surface area contributed by atoms with E-state index >= 15 is 0 Å². The minimum atomic E-state index is -0.663. The molecule has 2 amide bonds. The van der Waals surface area contributed by atoms with Crippen molar-refractivity contribution in [1.29, 1.82) is 0 Å². The normalized spacial score (nSPS) is 12.1. The van der Waals surface area contributed by atoms with Gasteiger partial charge in [-0.15, -0.1) is 0 Å². The number of nitrogens with one attached hydrogen (secondary N) is 2. The Hall–Kier alpha value is -1.33. The number of carbonyl (C=O) groups excluding carboxylic acids is 2. The summed E-state index contributed by atoms with van der Waals surface area (Å²) < 4.78 is 0. The quantitative estimate of drug-likeness (QED) is 0.818. The molecule has 1 aromatic rings. The predicted molar refractivity (Wildman–Crippen MR) is 79.0 cm³/mol. The Bertz CT molecular complexity index is 506. The fourth-order valence-corrected chi connectivity index (χ4v) is 1.73. The highest BCUT2D eigenvalue weighted by atomic mass is 35.5. The number of halogens is 2. The van der Waals surface area contributed by atoms with Crippen LogP contribution in [0.4, 0.5) is 0 Å². The van der Waals surface area contributed by atoms with Crippen molar-refractivity contribution in [3.05, 3.63) is 28.0 Å². The highest BCUT2D eigenvalue weighted by Gasteiger charge is 2.18. The van der Waals surface area contributed by atoms with Crippen molar-refractivity contribution in [3.8, 4) is 0 Å². The second kappa shape index (κ2) is 7.45. The molecule has 0 aliphatic carbocycles. The Kier molecular flexibility index (Phi) is 6.23. The number of rotatable bonds is 5. The first-order chi connectivity index (χ1) is 9.31. The minimum Gasteiger partial charge on any atom is -0.354 e. The number of nitrogens with zero attached hydrogens (tertiary/aromatic N) is 1. The molecular weight excluding hydrogens is 301 g/mol. The third-order valence-corrected chi connectivity index (χ3v) is 3.00. The van der Waals surface area contributed by atoms with Crippen LogP contribution in [-0.4, -0.2) is 29.4 Å². The van der Waals surface area contributed by atoms with Gasteiger partial charge in [-0.2, -0.15) is 0 Å². The Morgan fingerprint density at radius 1 is 1.30 bits per heavy atom. The second-order valence-corrected chi connectivity index (χ2v) is 5.62. The van der Waals surface area contributed by atoms with E-state index in [0.717, 1.165) is 0 Å². The van der Waals surface area contributed by atoms with Crippen LogP contribution in [0, 0.1) is 5.92 Å². The lowest BCUT2D eigenvalue weighted by molar-refractivity contribution is -0.122. The molecule has 0 saturated heterocycles. The first-order valence-electron chi connectivity index (χ1n) is 6.21. The smallest absolute Gasteiger partial charge is 0.253 e. The van der Waals surface area contributed by atoms with Crippen LogP contribution >= 0.6 is 23.2 Å². The van der Waals surface area contributed by atoms with Crippen LogP contribution < -0.4 is 10.6 Å². The fourth-order valence-electron chi connectivity index (χ4n) is 1.38. The Labute approximate surface area is 128 Å². The topological polar surface area (TPSA) is 71.1 Å². The lowest BCUT2D eigenvalue weighted by atomic mass is 10.2. The first-order valence-corrected chi connectivity index (χ1v) is 6.96. The molecule has 0 radical (unpaired) electrons. The number of hydrogen-bond acceptors (Lipinski definition) is 3. The van der Waals surface area contributed by atoms with Crippen LogP contribution in [0.5, 0.6) is 0 Å². The first kappa shape index (κ1) is 16.7. The number of aromatic nitrogens is 1. The molecule has 7 heteroatoms. The van der Waals surface area contributed by atoms with E-state index in [1.54, 1.807) is 6.92 Å². The van der Waals surface area contributed by atoms with Crippen LogP contribution in [0.25, 0.3) is 0 Å². The number of carbonyl (C=O) groups is 2. The molecule has 0 bridgehead atoms. The van der Waals surface area contributed by atoms with Crippen LogP contribution in [-0.2, 0) is 4.79 Å². The SMILES string of the molecule is CC(C)CNC(=O)C(C)NC(=O)c1cc(Cl)ncc1Cl. The highest BCUT2D eigenvalue weighted by molar-refractivity contribution is 6.35. The van der Waals surface area contributed by atoms with Gasteiger partial charge < -0.3 is 10.6 Å². The van der Waals surface area contributed by atoms with Gasteiger partial charge >= 0.3 is 0 Å². The largest absolute Gasteiger partial charge is 0.354 e. The van der Waals surface area contributed by atoms with Crippen molar-refractivity contribution >= 4 is 35.0 Å². The lowest BCUT2D eigenvalue weighted by Gasteiger charge is -2.15. The van der Waals surface area contributed by atoms with Crippen LogP contribution in [0.3, 0.4) is 0 Å². The van der Waals surface area contributed by atoms with E-state index in [1.807, 2.05) is 13.8 Å². The average Bonchev–Trinajstić information content (AvgIpc) is 2.38. The summed E-state index contributed by atoms with van der Waals surface area (Å²) in [6, 6.07) is 0.696. The van der Waals surface area contributed by atoms with E-state index in [-0.39, 0.29) is 21.6 Å². The molecule has 1 heterocycles. The van der Waals surface area contributed by atoms with Gasteiger partial charge in [-0.05, 0) is 18.9 Å². The third kappa shape index (κ3) is 4.98. The summed E-state index contributed by atoms with van der Waals surface area (Å²) in [4.78, 5) is 27.5.